The smallest absolute Gasteiger partial charge is 0.160 e. The molecule has 0 bridgehead atoms. The molecule has 0 aromatic rings. The van der Waals surface area contributed by atoms with Gasteiger partial charge in [0.25, 0.3) is 0 Å². The number of rotatable bonds is 9. The molecule has 2 saturated carbocycles. The Hall–Kier alpha value is -0.590. The van der Waals surface area contributed by atoms with Gasteiger partial charge in [0.1, 0.15) is 5.41 Å². The fraction of sp³-hybridized carbons (Fsp3) is 0.962. The summed E-state index contributed by atoms with van der Waals surface area (Å²) in [5.41, 5.74) is -0.403. The maximum absolute atomic E-state index is 9.61. The second-order valence-corrected chi connectivity index (χ2v) is 10.4. The lowest BCUT2D eigenvalue weighted by molar-refractivity contribution is -0.244. The molecule has 3 nitrogen and oxygen atoms in total. The lowest BCUT2D eigenvalue weighted by Gasteiger charge is -2.42. The van der Waals surface area contributed by atoms with Crippen LogP contribution in [0.25, 0.3) is 0 Å². The van der Waals surface area contributed by atoms with E-state index in [-0.39, 0.29) is 6.29 Å². The molecule has 0 N–H and O–H groups in total. The van der Waals surface area contributed by atoms with Gasteiger partial charge in [-0.25, -0.2) is 0 Å². The van der Waals surface area contributed by atoms with Crippen LogP contribution in [0.1, 0.15) is 110 Å². The van der Waals surface area contributed by atoms with Gasteiger partial charge < -0.3 is 9.47 Å². The first kappa shape index (κ1) is 23.1. The minimum atomic E-state index is -0.403. The van der Waals surface area contributed by atoms with Crippen molar-refractivity contribution in [2.75, 3.05) is 13.2 Å². The van der Waals surface area contributed by atoms with Crippen LogP contribution < -0.4 is 0 Å². The molecule has 3 aliphatic rings. The zero-order chi connectivity index (χ0) is 20.5. The summed E-state index contributed by atoms with van der Waals surface area (Å²) in [5.74, 6) is 3.48. The third kappa shape index (κ3) is 6.44. The van der Waals surface area contributed by atoms with Crippen LogP contribution in [0.4, 0.5) is 0 Å². The van der Waals surface area contributed by atoms with E-state index in [1.165, 1.54) is 77.0 Å². The van der Waals surface area contributed by atoms with Gasteiger partial charge in [-0.15, -0.1) is 0 Å². The topological polar surface area (TPSA) is 42.2 Å². The molecule has 0 spiro atoms. The van der Waals surface area contributed by atoms with Crippen molar-refractivity contribution in [2.24, 2.45) is 29.1 Å². The van der Waals surface area contributed by atoms with Crippen LogP contribution in [0.5, 0.6) is 0 Å². The molecule has 0 radical (unpaired) electrons. The molecule has 0 unspecified atom stereocenters. The molecule has 3 rings (SSSR count). The molecule has 2 aliphatic carbocycles. The summed E-state index contributed by atoms with van der Waals surface area (Å²) in [6.07, 6.45) is 19.9. The van der Waals surface area contributed by atoms with Gasteiger partial charge in [0.15, 0.2) is 6.29 Å². The Morgan fingerprint density at radius 3 is 1.86 bits per heavy atom. The van der Waals surface area contributed by atoms with Crippen LogP contribution in [-0.2, 0) is 9.47 Å². The Kier molecular flexibility index (Phi) is 9.32. The van der Waals surface area contributed by atoms with E-state index in [0.29, 0.717) is 19.1 Å². The van der Waals surface area contributed by atoms with Crippen LogP contribution >= 0.6 is 0 Å². The molecule has 0 aromatic carbocycles. The van der Waals surface area contributed by atoms with E-state index >= 15 is 0 Å². The molecule has 3 heteroatoms. The Balaban J connectivity index is 1.36. The monoisotopic (exact) mass is 403 g/mol. The van der Waals surface area contributed by atoms with Crippen molar-refractivity contribution in [3.05, 3.63) is 0 Å². The molecular weight excluding hydrogens is 358 g/mol. The summed E-state index contributed by atoms with van der Waals surface area (Å²) in [5, 5.41) is 9.61. The lowest BCUT2D eigenvalue weighted by atomic mass is 9.68. The molecule has 3 fully saturated rings. The van der Waals surface area contributed by atoms with E-state index in [0.717, 1.165) is 37.0 Å². The van der Waals surface area contributed by atoms with Crippen molar-refractivity contribution >= 4 is 0 Å². The molecule has 1 saturated heterocycles. The Morgan fingerprint density at radius 1 is 0.759 bits per heavy atom. The van der Waals surface area contributed by atoms with Crippen molar-refractivity contribution in [3.63, 3.8) is 0 Å². The summed E-state index contributed by atoms with van der Waals surface area (Å²) in [7, 11) is 0. The third-order valence-electron chi connectivity index (χ3n) is 8.27. The first-order valence-electron chi connectivity index (χ1n) is 12.8. The Labute approximate surface area is 179 Å². The number of unbranched alkanes of at least 4 members (excludes halogenated alkanes) is 3. The van der Waals surface area contributed by atoms with Crippen molar-refractivity contribution in [1.29, 1.82) is 5.26 Å². The summed E-state index contributed by atoms with van der Waals surface area (Å²) in [6.45, 7) is 5.62. The molecular formula is C26H45NO2. The van der Waals surface area contributed by atoms with E-state index in [2.05, 4.69) is 19.9 Å². The van der Waals surface area contributed by atoms with Crippen molar-refractivity contribution in [1.82, 2.24) is 0 Å². The number of nitrogens with zero attached hydrogens (tertiary/aromatic N) is 1. The Bertz CT molecular complexity index is 489. The average Bonchev–Trinajstić information content (AvgIpc) is 2.79. The zero-order valence-corrected chi connectivity index (χ0v) is 19.2. The lowest BCUT2D eigenvalue weighted by Crippen LogP contribution is -2.44. The second-order valence-electron chi connectivity index (χ2n) is 10.4. The number of ether oxygens (including phenoxy) is 2. The van der Waals surface area contributed by atoms with Crippen LogP contribution in [0.15, 0.2) is 0 Å². The summed E-state index contributed by atoms with van der Waals surface area (Å²) in [6, 6.07) is 2.50. The van der Waals surface area contributed by atoms with Crippen LogP contribution in [-0.4, -0.2) is 19.5 Å². The summed E-state index contributed by atoms with van der Waals surface area (Å²) >= 11 is 0. The SMILES string of the molecule is CCCCC[C@H]1CC[C@H]([C@H]2CC[C@@H]([C@H]3OC[C@@](C#N)(CCCC)CO3)CC2)CC1. The average molecular weight is 404 g/mol. The Morgan fingerprint density at radius 2 is 1.31 bits per heavy atom. The predicted molar refractivity (Wildman–Crippen MR) is 118 cm³/mol. The first-order valence-corrected chi connectivity index (χ1v) is 12.8. The summed E-state index contributed by atoms with van der Waals surface area (Å²) < 4.78 is 12.2. The normalized spacial score (nSPS) is 38.4. The van der Waals surface area contributed by atoms with Crippen molar-refractivity contribution in [2.45, 2.75) is 116 Å². The van der Waals surface area contributed by atoms with Crippen molar-refractivity contribution < 1.29 is 9.47 Å². The van der Waals surface area contributed by atoms with Gasteiger partial charge >= 0.3 is 0 Å². The molecule has 1 aliphatic heterocycles. The van der Waals surface area contributed by atoms with Gasteiger partial charge in [-0.2, -0.15) is 5.26 Å². The van der Waals surface area contributed by atoms with Crippen LogP contribution in [0.2, 0.25) is 0 Å². The third-order valence-corrected chi connectivity index (χ3v) is 8.27. The highest BCUT2D eigenvalue weighted by atomic mass is 16.7. The molecule has 166 valence electrons. The summed E-state index contributed by atoms with van der Waals surface area (Å²) in [4.78, 5) is 0. The van der Waals surface area contributed by atoms with Crippen molar-refractivity contribution in [3.8, 4) is 6.07 Å². The highest BCUT2D eigenvalue weighted by Gasteiger charge is 2.41. The van der Waals surface area contributed by atoms with E-state index < -0.39 is 5.41 Å². The fourth-order valence-corrected chi connectivity index (χ4v) is 6.15. The highest BCUT2D eigenvalue weighted by Crippen LogP contribution is 2.44. The molecule has 29 heavy (non-hydrogen) atoms. The molecule has 0 atom stereocenters. The van der Waals surface area contributed by atoms with Gasteiger partial charge in [-0.3, -0.25) is 0 Å². The van der Waals surface area contributed by atoms with Gasteiger partial charge in [0.2, 0.25) is 0 Å². The first-order chi connectivity index (χ1) is 14.2. The van der Waals surface area contributed by atoms with Gasteiger partial charge in [-0.1, -0.05) is 65.2 Å². The zero-order valence-electron chi connectivity index (χ0n) is 19.2. The van der Waals surface area contributed by atoms with E-state index in [1.54, 1.807) is 0 Å². The quantitative estimate of drug-likeness (QED) is 0.381. The van der Waals surface area contributed by atoms with E-state index in [1.807, 2.05) is 0 Å². The minimum Gasteiger partial charge on any atom is -0.351 e. The van der Waals surface area contributed by atoms with E-state index in [9.17, 15) is 5.26 Å². The largest absolute Gasteiger partial charge is 0.351 e. The van der Waals surface area contributed by atoms with E-state index in [4.69, 9.17) is 9.47 Å². The molecule has 0 aromatic heterocycles. The standard InChI is InChI=1S/C26H45NO2/c1-3-5-7-8-21-9-11-22(12-10-21)23-13-15-24(16-14-23)25-28-19-26(18-27,20-29-25)17-6-4-2/h21-25H,3-17,19-20H2,1-2H3/t21-,22-,23-,24+,25-,26-. The number of nitriles is 1. The number of hydrogen-bond donors (Lipinski definition) is 0. The fourth-order valence-electron chi connectivity index (χ4n) is 6.15. The molecule has 1 heterocycles. The predicted octanol–water partition coefficient (Wildman–Crippen LogP) is 7.25. The maximum Gasteiger partial charge on any atom is 0.160 e. The van der Waals surface area contributed by atoms with Gasteiger partial charge in [0, 0.05) is 5.92 Å². The second kappa shape index (κ2) is 11.7. The van der Waals surface area contributed by atoms with Crippen LogP contribution in [0, 0.1) is 40.4 Å². The van der Waals surface area contributed by atoms with Gasteiger partial charge in [-0.05, 0) is 62.7 Å². The van der Waals surface area contributed by atoms with Crippen LogP contribution in [0.3, 0.4) is 0 Å². The maximum atomic E-state index is 9.61. The minimum absolute atomic E-state index is 0.0617. The molecule has 0 amide bonds. The number of hydrogen-bond acceptors (Lipinski definition) is 3. The van der Waals surface area contributed by atoms with Gasteiger partial charge in [0.05, 0.1) is 19.3 Å². The highest BCUT2D eigenvalue weighted by molar-refractivity contribution is 5.00.